The maximum absolute atomic E-state index is 13.7. The average molecular weight is 377 g/mol. The zero-order valence-corrected chi connectivity index (χ0v) is 13.3. The molecular weight excluding hydrogens is 366 g/mol. The van der Waals surface area contributed by atoms with Gasteiger partial charge in [0.15, 0.2) is 9.84 Å². The predicted molar refractivity (Wildman–Crippen MR) is 77.9 cm³/mol. The monoisotopic (exact) mass is 376 g/mol. The van der Waals surface area contributed by atoms with Crippen molar-refractivity contribution in [3.05, 3.63) is 58.1 Å². The standard InChI is InChI=1S/C14H11BrF2O3S/c1-21(18,19)10-4-2-9(3-5-10)20-8-11-13(16)7-6-12(15)14(11)17/h2-7H,8H2,1H3. The summed E-state index contributed by atoms with van der Waals surface area (Å²) in [6.07, 6.45) is 1.09. The van der Waals surface area contributed by atoms with Gasteiger partial charge in [0.1, 0.15) is 24.0 Å². The fourth-order valence-electron chi connectivity index (χ4n) is 1.64. The van der Waals surface area contributed by atoms with E-state index in [1.807, 2.05) is 0 Å². The van der Waals surface area contributed by atoms with Crippen LogP contribution < -0.4 is 4.74 Å². The molecule has 0 fully saturated rings. The summed E-state index contributed by atoms with van der Waals surface area (Å²) in [7, 11) is -3.29. The summed E-state index contributed by atoms with van der Waals surface area (Å²) in [6, 6.07) is 8.03. The van der Waals surface area contributed by atoms with Gasteiger partial charge in [0.2, 0.25) is 0 Å². The van der Waals surface area contributed by atoms with Crippen molar-refractivity contribution in [2.75, 3.05) is 6.26 Å². The highest BCUT2D eigenvalue weighted by Crippen LogP contribution is 2.23. The lowest BCUT2D eigenvalue weighted by Crippen LogP contribution is -2.03. The molecule has 0 atom stereocenters. The fraction of sp³-hybridized carbons (Fsp3) is 0.143. The first-order chi connectivity index (χ1) is 9.79. The average Bonchev–Trinajstić information content (AvgIpc) is 2.43. The first kappa shape index (κ1) is 15.9. The maximum Gasteiger partial charge on any atom is 0.175 e. The molecule has 0 saturated heterocycles. The van der Waals surface area contributed by atoms with E-state index >= 15 is 0 Å². The van der Waals surface area contributed by atoms with Crippen molar-refractivity contribution in [1.82, 2.24) is 0 Å². The van der Waals surface area contributed by atoms with Crippen LogP contribution in [0.25, 0.3) is 0 Å². The third-order valence-corrected chi connectivity index (χ3v) is 4.51. The number of ether oxygens (including phenoxy) is 1. The molecule has 0 aliphatic heterocycles. The number of sulfone groups is 1. The summed E-state index contributed by atoms with van der Waals surface area (Å²) in [5, 5.41) is 0. The molecule has 0 bridgehead atoms. The zero-order chi connectivity index (χ0) is 15.6. The van der Waals surface area contributed by atoms with Crippen LogP contribution in [0.15, 0.2) is 45.8 Å². The van der Waals surface area contributed by atoms with Gasteiger partial charge in [-0.25, -0.2) is 17.2 Å². The Balaban J connectivity index is 2.16. The molecule has 21 heavy (non-hydrogen) atoms. The Bertz CT molecular complexity index is 759. The molecule has 2 aromatic rings. The van der Waals surface area contributed by atoms with Crippen LogP contribution in [-0.2, 0) is 16.4 Å². The minimum Gasteiger partial charge on any atom is -0.489 e. The minimum absolute atomic E-state index is 0.148. The van der Waals surface area contributed by atoms with Gasteiger partial charge in [-0.1, -0.05) is 0 Å². The van der Waals surface area contributed by atoms with Crippen LogP contribution in [0.5, 0.6) is 5.75 Å². The van der Waals surface area contributed by atoms with Crippen molar-refractivity contribution in [3.63, 3.8) is 0 Å². The van der Waals surface area contributed by atoms with Crippen LogP contribution in [-0.4, -0.2) is 14.7 Å². The van der Waals surface area contributed by atoms with Crippen molar-refractivity contribution < 1.29 is 21.9 Å². The molecule has 0 aromatic heterocycles. The molecule has 0 aliphatic rings. The first-order valence-electron chi connectivity index (χ1n) is 5.84. The maximum atomic E-state index is 13.7. The van der Waals surface area contributed by atoms with Crippen molar-refractivity contribution in [2.45, 2.75) is 11.5 Å². The molecule has 0 amide bonds. The van der Waals surface area contributed by atoms with Gasteiger partial charge in [0, 0.05) is 6.26 Å². The number of hydrogen-bond donors (Lipinski definition) is 0. The summed E-state index contributed by atoms with van der Waals surface area (Å²) in [4.78, 5) is 0.148. The topological polar surface area (TPSA) is 43.4 Å². The van der Waals surface area contributed by atoms with Gasteiger partial charge in [-0.05, 0) is 52.3 Å². The quantitative estimate of drug-likeness (QED) is 0.763. The molecule has 3 nitrogen and oxygen atoms in total. The molecule has 0 heterocycles. The van der Waals surface area contributed by atoms with E-state index in [0.29, 0.717) is 5.75 Å². The van der Waals surface area contributed by atoms with Crippen LogP contribution in [0, 0.1) is 11.6 Å². The Kier molecular flexibility index (Phi) is 4.63. The highest BCUT2D eigenvalue weighted by molar-refractivity contribution is 9.10. The molecule has 7 heteroatoms. The van der Waals surface area contributed by atoms with Crippen LogP contribution >= 0.6 is 15.9 Å². The fourth-order valence-corrected chi connectivity index (χ4v) is 2.64. The number of hydrogen-bond acceptors (Lipinski definition) is 3. The van der Waals surface area contributed by atoms with Crippen LogP contribution in [0.4, 0.5) is 8.78 Å². The summed E-state index contributed by atoms with van der Waals surface area (Å²) in [5.41, 5.74) is -0.198. The Hall–Kier alpha value is -1.47. The van der Waals surface area contributed by atoms with Crippen LogP contribution in [0.2, 0.25) is 0 Å². The van der Waals surface area contributed by atoms with Crippen LogP contribution in [0.1, 0.15) is 5.56 Å². The van der Waals surface area contributed by atoms with Crippen molar-refractivity contribution in [1.29, 1.82) is 0 Å². The number of halogens is 3. The molecule has 0 radical (unpaired) electrons. The van der Waals surface area contributed by atoms with E-state index < -0.39 is 21.5 Å². The molecular formula is C14H11BrF2O3S. The largest absolute Gasteiger partial charge is 0.489 e. The van der Waals surface area contributed by atoms with Gasteiger partial charge in [-0.3, -0.25) is 0 Å². The molecule has 0 aliphatic carbocycles. The normalized spacial score (nSPS) is 11.4. The Morgan fingerprint density at radius 3 is 2.29 bits per heavy atom. The van der Waals surface area contributed by atoms with Crippen molar-refractivity contribution in [3.8, 4) is 5.75 Å². The summed E-state index contributed by atoms with van der Waals surface area (Å²) >= 11 is 2.97. The lowest BCUT2D eigenvalue weighted by molar-refractivity contribution is 0.292. The van der Waals surface area contributed by atoms with E-state index in [2.05, 4.69) is 15.9 Å². The van der Waals surface area contributed by atoms with Gasteiger partial charge in [0.05, 0.1) is 14.9 Å². The first-order valence-corrected chi connectivity index (χ1v) is 8.53. The molecule has 0 saturated carbocycles. The lowest BCUT2D eigenvalue weighted by atomic mass is 10.2. The molecule has 0 spiro atoms. The third-order valence-electron chi connectivity index (χ3n) is 2.77. The van der Waals surface area contributed by atoms with Crippen molar-refractivity contribution >= 4 is 25.8 Å². The highest BCUT2D eigenvalue weighted by Gasteiger charge is 2.13. The van der Waals surface area contributed by atoms with E-state index in [0.717, 1.165) is 12.3 Å². The second-order valence-electron chi connectivity index (χ2n) is 4.35. The zero-order valence-electron chi connectivity index (χ0n) is 10.9. The SMILES string of the molecule is CS(=O)(=O)c1ccc(OCc2c(F)ccc(Br)c2F)cc1. The van der Waals surface area contributed by atoms with E-state index in [1.54, 1.807) is 0 Å². The van der Waals surface area contributed by atoms with E-state index in [9.17, 15) is 17.2 Å². The van der Waals surface area contributed by atoms with Crippen molar-refractivity contribution in [2.24, 2.45) is 0 Å². The Morgan fingerprint density at radius 2 is 1.71 bits per heavy atom. The van der Waals surface area contributed by atoms with Gasteiger partial charge in [0.25, 0.3) is 0 Å². The third kappa shape index (κ3) is 3.79. The van der Waals surface area contributed by atoms with Gasteiger partial charge in [-0.15, -0.1) is 0 Å². The second kappa shape index (κ2) is 6.11. The molecule has 0 N–H and O–H groups in total. The lowest BCUT2D eigenvalue weighted by Gasteiger charge is -2.09. The van der Waals surface area contributed by atoms with Gasteiger partial charge < -0.3 is 4.74 Å². The smallest absolute Gasteiger partial charge is 0.175 e. The molecule has 112 valence electrons. The number of benzene rings is 2. The van der Waals surface area contributed by atoms with Crippen LogP contribution in [0.3, 0.4) is 0 Å². The minimum atomic E-state index is -3.29. The van der Waals surface area contributed by atoms with Gasteiger partial charge >= 0.3 is 0 Å². The van der Waals surface area contributed by atoms with E-state index in [-0.39, 0.29) is 21.5 Å². The number of rotatable bonds is 4. The Labute approximate surface area is 129 Å². The summed E-state index contributed by atoms with van der Waals surface area (Å²) in [6.45, 7) is -0.296. The molecule has 0 unspecified atom stereocenters. The predicted octanol–water partition coefficient (Wildman–Crippen LogP) is 3.71. The van der Waals surface area contributed by atoms with E-state index in [1.165, 1.54) is 30.3 Å². The summed E-state index contributed by atoms with van der Waals surface area (Å²) in [5.74, 6) is -1.10. The highest BCUT2D eigenvalue weighted by atomic mass is 79.9. The summed E-state index contributed by atoms with van der Waals surface area (Å²) < 4.78 is 55.3. The second-order valence-corrected chi connectivity index (χ2v) is 7.22. The Morgan fingerprint density at radius 1 is 1.10 bits per heavy atom. The van der Waals surface area contributed by atoms with E-state index in [4.69, 9.17) is 4.74 Å². The molecule has 2 aromatic carbocycles. The molecule has 2 rings (SSSR count). The van der Waals surface area contributed by atoms with Gasteiger partial charge in [-0.2, -0.15) is 0 Å².